The molecule has 0 aliphatic rings. The van der Waals surface area contributed by atoms with Crippen molar-refractivity contribution in [3.8, 4) is 11.5 Å². The van der Waals surface area contributed by atoms with Gasteiger partial charge in [0.05, 0.1) is 18.3 Å². The molecule has 19 heavy (non-hydrogen) atoms. The highest BCUT2D eigenvalue weighted by molar-refractivity contribution is 5.40. The Morgan fingerprint density at radius 1 is 1.21 bits per heavy atom. The van der Waals surface area contributed by atoms with Crippen LogP contribution in [0, 0.1) is 5.82 Å². The monoisotopic (exact) mass is 262 g/mol. The van der Waals surface area contributed by atoms with E-state index in [0.717, 1.165) is 0 Å². The second-order valence-corrected chi connectivity index (χ2v) is 4.24. The molecular formula is C15H15FO3. The molecule has 1 unspecified atom stereocenters. The lowest BCUT2D eigenvalue weighted by Crippen LogP contribution is -2.00. The average molecular weight is 262 g/mol. The van der Waals surface area contributed by atoms with Crippen molar-refractivity contribution in [2.24, 2.45) is 0 Å². The number of ether oxygens (including phenoxy) is 1. The van der Waals surface area contributed by atoms with Crippen LogP contribution in [0.1, 0.15) is 24.2 Å². The van der Waals surface area contributed by atoms with Gasteiger partial charge in [0.15, 0.2) is 0 Å². The van der Waals surface area contributed by atoms with Crippen LogP contribution >= 0.6 is 0 Å². The quantitative estimate of drug-likeness (QED) is 0.889. The Labute approximate surface area is 110 Å². The first kappa shape index (κ1) is 13.5. The lowest BCUT2D eigenvalue weighted by atomic mass is 10.1. The van der Waals surface area contributed by atoms with Crippen molar-refractivity contribution in [3.63, 3.8) is 0 Å². The molecule has 4 heteroatoms. The van der Waals surface area contributed by atoms with Gasteiger partial charge >= 0.3 is 0 Å². The Hall–Kier alpha value is -1.91. The molecule has 3 nitrogen and oxygen atoms in total. The fraction of sp³-hybridized carbons (Fsp3) is 0.200. The zero-order valence-electron chi connectivity index (χ0n) is 10.5. The largest absolute Gasteiger partial charge is 0.457 e. The minimum atomic E-state index is -0.961. The van der Waals surface area contributed by atoms with E-state index < -0.39 is 11.9 Å². The predicted molar refractivity (Wildman–Crippen MR) is 69.5 cm³/mol. The van der Waals surface area contributed by atoms with Crippen LogP contribution in [0.5, 0.6) is 11.5 Å². The highest BCUT2D eigenvalue weighted by Gasteiger charge is 2.15. The predicted octanol–water partition coefficient (Wildman–Crippen LogP) is 3.16. The third kappa shape index (κ3) is 3.10. The number of benzene rings is 2. The Bertz CT molecular complexity index is 567. The van der Waals surface area contributed by atoms with E-state index >= 15 is 0 Å². The van der Waals surface area contributed by atoms with Gasteiger partial charge in [0.2, 0.25) is 0 Å². The summed E-state index contributed by atoms with van der Waals surface area (Å²) in [5.41, 5.74) is 0.824. The average Bonchev–Trinajstić information content (AvgIpc) is 2.38. The molecular weight excluding hydrogens is 247 g/mol. The fourth-order valence-electron chi connectivity index (χ4n) is 1.85. The van der Waals surface area contributed by atoms with E-state index in [0.29, 0.717) is 11.3 Å². The second-order valence-electron chi connectivity index (χ2n) is 4.24. The number of hydrogen-bond donors (Lipinski definition) is 2. The van der Waals surface area contributed by atoms with Gasteiger partial charge in [-0.05, 0) is 36.8 Å². The molecule has 2 aromatic carbocycles. The number of aliphatic hydroxyl groups is 2. The molecule has 0 aromatic heterocycles. The molecule has 1 atom stereocenters. The van der Waals surface area contributed by atoms with Gasteiger partial charge in [-0.25, -0.2) is 4.39 Å². The van der Waals surface area contributed by atoms with Crippen LogP contribution in [-0.2, 0) is 6.61 Å². The molecule has 0 spiro atoms. The standard InChI is InChI=1S/C15H15FO3/c1-10(18)15-13(16)6-3-7-14(15)19-12-5-2-4-11(8-12)9-17/h2-8,10,17-18H,9H2,1H3. The summed E-state index contributed by atoms with van der Waals surface area (Å²) in [4.78, 5) is 0. The number of hydrogen-bond acceptors (Lipinski definition) is 3. The van der Waals surface area contributed by atoms with Crippen LogP contribution in [0.15, 0.2) is 42.5 Å². The van der Waals surface area contributed by atoms with Crippen LogP contribution in [0.25, 0.3) is 0 Å². The number of aliphatic hydroxyl groups excluding tert-OH is 2. The fourth-order valence-corrected chi connectivity index (χ4v) is 1.85. The summed E-state index contributed by atoms with van der Waals surface area (Å²) in [5, 5.41) is 18.7. The highest BCUT2D eigenvalue weighted by atomic mass is 19.1. The van der Waals surface area contributed by atoms with Crippen molar-refractivity contribution < 1.29 is 19.3 Å². The molecule has 100 valence electrons. The first-order valence-corrected chi connectivity index (χ1v) is 5.96. The normalized spacial score (nSPS) is 12.2. The minimum Gasteiger partial charge on any atom is -0.457 e. The van der Waals surface area contributed by atoms with Gasteiger partial charge in [0.25, 0.3) is 0 Å². The molecule has 0 radical (unpaired) electrons. The van der Waals surface area contributed by atoms with Crippen LogP contribution in [0.3, 0.4) is 0 Å². The van der Waals surface area contributed by atoms with E-state index in [1.54, 1.807) is 30.3 Å². The van der Waals surface area contributed by atoms with E-state index in [1.165, 1.54) is 19.1 Å². The van der Waals surface area contributed by atoms with E-state index in [1.807, 2.05) is 0 Å². The van der Waals surface area contributed by atoms with Crippen molar-refractivity contribution in [1.82, 2.24) is 0 Å². The highest BCUT2D eigenvalue weighted by Crippen LogP contribution is 2.31. The molecule has 0 fully saturated rings. The Morgan fingerprint density at radius 3 is 2.63 bits per heavy atom. The van der Waals surface area contributed by atoms with E-state index in [2.05, 4.69) is 0 Å². The summed E-state index contributed by atoms with van der Waals surface area (Å²) in [7, 11) is 0. The van der Waals surface area contributed by atoms with Crippen LogP contribution in [-0.4, -0.2) is 10.2 Å². The van der Waals surface area contributed by atoms with Gasteiger partial charge in [-0.15, -0.1) is 0 Å². The summed E-state index contributed by atoms with van der Waals surface area (Å²) >= 11 is 0. The summed E-state index contributed by atoms with van der Waals surface area (Å²) in [6.07, 6.45) is -0.961. The maximum Gasteiger partial charge on any atom is 0.136 e. The van der Waals surface area contributed by atoms with Gasteiger partial charge < -0.3 is 14.9 Å². The maximum atomic E-state index is 13.7. The molecule has 2 N–H and O–H groups in total. The first-order valence-electron chi connectivity index (χ1n) is 5.96. The van der Waals surface area contributed by atoms with Crippen LogP contribution in [0.2, 0.25) is 0 Å². The molecule has 0 aliphatic carbocycles. The summed E-state index contributed by atoms with van der Waals surface area (Å²) < 4.78 is 19.3. The minimum absolute atomic E-state index is 0.0936. The molecule has 0 saturated heterocycles. The molecule has 0 heterocycles. The molecule has 0 aliphatic heterocycles. The first-order chi connectivity index (χ1) is 9.11. The maximum absolute atomic E-state index is 13.7. The van der Waals surface area contributed by atoms with Gasteiger partial charge in [-0.2, -0.15) is 0 Å². The van der Waals surface area contributed by atoms with Gasteiger partial charge in [-0.1, -0.05) is 18.2 Å². The smallest absolute Gasteiger partial charge is 0.136 e. The third-order valence-electron chi connectivity index (χ3n) is 2.74. The van der Waals surface area contributed by atoms with Crippen molar-refractivity contribution >= 4 is 0 Å². The number of rotatable bonds is 4. The zero-order chi connectivity index (χ0) is 13.8. The number of halogens is 1. The molecule has 2 aromatic rings. The molecule has 0 bridgehead atoms. The van der Waals surface area contributed by atoms with E-state index in [9.17, 15) is 9.50 Å². The molecule has 0 amide bonds. The van der Waals surface area contributed by atoms with Gasteiger partial charge in [-0.3, -0.25) is 0 Å². The van der Waals surface area contributed by atoms with E-state index in [4.69, 9.17) is 9.84 Å². The van der Waals surface area contributed by atoms with Crippen LogP contribution < -0.4 is 4.74 Å². The molecule has 0 saturated carbocycles. The lowest BCUT2D eigenvalue weighted by molar-refractivity contribution is 0.190. The van der Waals surface area contributed by atoms with Crippen molar-refractivity contribution in [1.29, 1.82) is 0 Å². The van der Waals surface area contributed by atoms with Crippen molar-refractivity contribution in [2.45, 2.75) is 19.6 Å². The van der Waals surface area contributed by atoms with Gasteiger partial charge in [0.1, 0.15) is 17.3 Å². The van der Waals surface area contributed by atoms with Crippen molar-refractivity contribution in [3.05, 3.63) is 59.4 Å². The van der Waals surface area contributed by atoms with E-state index in [-0.39, 0.29) is 17.9 Å². The van der Waals surface area contributed by atoms with Crippen LogP contribution in [0.4, 0.5) is 4.39 Å². The molecule has 2 rings (SSSR count). The summed E-state index contributed by atoms with van der Waals surface area (Å²) in [5.74, 6) is 0.245. The summed E-state index contributed by atoms with van der Waals surface area (Å²) in [6.45, 7) is 1.39. The SMILES string of the molecule is CC(O)c1c(F)cccc1Oc1cccc(CO)c1. The van der Waals surface area contributed by atoms with Gasteiger partial charge in [0, 0.05) is 0 Å². The van der Waals surface area contributed by atoms with Crippen molar-refractivity contribution in [2.75, 3.05) is 0 Å². The Balaban J connectivity index is 2.35. The Kier molecular flexibility index (Phi) is 4.14. The second kappa shape index (κ2) is 5.82. The Morgan fingerprint density at radius 2 is 1.95 bits per heavy atom. The third-order valence-corrected chi connectivity index (χ3v) is 2.74. The zero-order valence-corrected chi connectivity index (χ0v) is 10.5. The lowest BCUT2D eigenvalue weighted by Gasteiger charge is -2.14. The topological polar surface area (TPSA) is 49.7 Å². The summed E-state index contributed by atoms with van der Waals surface area (Å²) in [6, 6.07) is 11.3.